The van der Waals surface area contributed by atoms with Crippen LogP contribution in [0.15, 0.2) is 30.3 Å². The van der Waals surface area contributed by atoms with Gasteiger partial charge in [0, 0.05) is 26.9 Å². The largest absolute Gasteiger partial charge is 0.548 e. The fourth-order valence-electron chi connectivity index (χ4n) is 3.30. The first-order valence-electron chi connectivity index (χ1n) is 6.88. The first-order valence-corrected chi connectivity index (χ1v) is 7.64. The number of carboxylic acids is 1. The van der Waals surface area contributed by atoms with Crippen LogP contribution in [-0.2, 0) is 4.79 Å². The van der Waals surface area contributed by atoms with Crippen LogP contribution in [0.3, 0.4) is 0 Å². The van der Waals surface area contributed by atoms with Gasteiger partial charge in [-0.2, -0.15) is 0 Å². The second kappa shape index (κ2) is 5.83. The van der Waals surface area contributed by atoms with E-state index in [9.17, 15) is 14.3 Å². The van der Waals surface area contributed by atoms with Crippen LogP contribution in [0.25, 0.3) is 0 Å². The zero-order valence-electron chi connectivity index (χ0n) is 11.5. The van der Waals surface area contributed by atoms with Crippen molar-refractivity contribution in [3.63, 3.8) is 0 Å². The third-order valence-electron chi connectivity index (χ3n) is 4.20. The van der Waals surface area contributed by atoms with Crippen LogP contribution >= 0.6 is 23.2 Å². The zero-order chi connectivity index (χ0) is 16.3. The highest BCUT2D eigenvalue weighted by molar-refractivity contribution is 6.35. The summed E-state index contributed by atoms with van der Waals surface area (Å²) in [5.41, 5.74) is 1.69. The Labute approximate surface area is 148 Å². The predicted molar refractivity (Wildman–Crippen MR) is 88.3 cm³/mol. The van der Waals surface area contributed by atoms with Crippen molar-refractivity contribution in [1.29, 1.82) is 0 Å². The summed E-state index contributed by atoms with van der Waals surface area (Å²) < 4.78 is 19.4. The highest BCUT2D eigenvalue weighted by Gasteiger charge is 2.46. The number of carboxylic acid groups (broad SMARTS) is 1. The second-order valence-corrected chi connectivity index (χ2v) is 6.38. The number of hydrogen-bond donors (Lipinski definition) is 1. The van der Waals surface area contributed by atoms with Gasteiger partial charge in [-0.25, -0.2) is 4.39 Å². The van der Waals surface area contributed by atoms with Crippen molar-refractivity contribution >= 4 is 34.9 Å². The van der Waals surface area contributed by atoms with Gasteiger partial charge in [0.2, 0.25) is 0 Å². The minimum absolute atomic E-state index is 0. The number of halogens is 3. The van der Waals surface area contributed by atoms with E-state index in [0.29, 0.717) is 32.6 Å². The summed E-state index contributed by atoms with van der Waals surface area (Å²) >= 11 is 12.3. The van der Waals surface area contributed by atoms with Crippen molar-refractivity contribution in [3.05, 3.63) is 57.3 Å². The topological polar surface area (TPSA) is 61.4 Å². The normalized spacial score (nSPS) is 23.0. The standard InChI is InChI=1S/C16H10Cl2FNO3.CH4/c17-6-3-9(18)13-10(4-6)20-14(16(21)22)15-12(13)8-5-7(19)1-2-11(8)23-15;/h1-5,12,14-15,20H,(H,21,22);1H4/p-1. The number of ether oxygens (including phenoxy) is 1. The Morgan fingerprint density at radius 2 is 2.00 bits per heavy atom. The Morgan fingerprint density at radius 3 is 2.71 bits per heavy atom. The second-order valence-electron chi connectivity index (χ2n) is 5.53. The lowest BCUT2D eigenvalue weighted by molar-refractivity contribution is -0.308. The lowest BCUT2D eigenvalue weighted by Gasteiger charge is -2.37. The first kappa shape index (κ1) is 16.9. The zero-order valence-corrected chi connectivity index (χ0v) is 13.0. The Bertz CT molecular complexity index is 843. The molecule has 1 N–H and O–H groups in total. The number of fused-ring (bicyclic) bond motifs is 5. The van der Waals surface area contributed by atoms with Crippen molar-refractivity contribution in [1.82, 2.24) is 0 Å². The molecule has 0 radical (unpaired) electrons. The number of anilines is 1. The molecule has 126 valence electrons. The van der Waals surface area contributed by atoms with Crippen LogP contribution in [0, 0.1) is 5.82 Å². The molecule has 0 fully saturated rings. The summed E-state index contributed by atoms with van der Waals surface area (Å²) in [5.74, 6) is -1.81. The Hall–Kier alpha value is -1.98. The Morgan fingerprint density at radius 1 is 1.25 bits per heavy atom. The number of rotatable bonds is 1. The van der Waals surface area contributed by atoms with Gasteiger partial charge in [-0.3, -0.25) is 0 Å². The van der Waals surface area contributed by atoms with E-state index in [1.807, 2.05) is 0 Å². The Balaban J connectivity index is 0.00000169. The fraction of sp³-hybridized carbons (Fsp3) is 0.235. The van der Waals surface area contributed by atoms with Crippen LogP contribution in [0.1, 0.15) is 24.5 Å². The lowest BCUT2D eigenvalue weighted by atomic mass is 9.81. The third-order valence-corrected chi connectivity index (χ3v) is 4.73. The van der Waals surface area contributed by atoms with E-state index in [4.69, 9.17) is 27.9 Å². The number of carbonyl (C=O) groups is 1. The molecule has 7 heteroatoms. The summed E-state index contributed by atoms with van der Waals surface area (Å²) in [5, 5.41) is 15.1. The number of hydrogen-bond acceptors (Lipinski definition) is 4. The third kappa shape index (κ3) is 2.39. The van der Waals surface area contributed by atoms with E-state index in [1.54, 1.807) is 12.1 Å². The van der Waals surface area contributed by atoms with E-state index >= 15 is 0 Å². The van der Waals surface area contributed by atoms with Gasteiger partial charge in [-0.15, -0.1) is 0 Å². The summed E-state index contributed by atoms with van der Waals surface area (Å²) in [7, 11) is 0. The predicted octanol–water partition coefficient (Wildman–Crippen LogP) is 3.21. The van der Waals surface area contributed by atoms with Gasteiger partial charge in [0.15, 0.2) is 0 Å². The quantitative estimate of drug-likeness (QED) is 0.839. The summed E-state index contributed by atoms with van der Waals surface area (Å²) in [6.07, 6.45) is -0.775. The van der Waals surface area contributed by atoms with Crippen LogP contribution in [0.4, 0.5) is 10.1 Å². The molecule has 24 heavy (non-hydrogen) atoms. The molecule has 2 heterocycles. The van der Waals surface area contributed by atoms with Crippen LogP contribution < -0.4 is 15.2 Å². The number of benzene rings is 2. The van der Waals surface area contributed by atoms with E-state index < -0.39 is 29.9 Å². The smallest absolute Gasteiger partial charge is 0.135 e. The molecular formula is C17H13Cl2FNO3-. The van der Waals surface area contributed by atoms with Gasteiger partial charge in [-0.1, -0.05) is 30.6 Å². The maximum absolute atomic E-state index is 13.7. The van der Waals surface area contributed by atoms with E-state index in [0.717, 1.165) is 0 Å². The molecule has 2 aromatic carbocycles. The van der Waals surface area contributed by atoms with Crippen LogP contribution in [0.5, 0.6) is 5.75 Å². The van der Waals surface area contributed by atoms with Crippen molar-refractivity contribution in [2.75, 3.05) is 5.32 Å². The average Bonchev–Trinajstić information content (AvgIpc) is 2.84. The molecule has 0 saturated carbocycles. The highest BCUT2D eigenvalue weighted by atomic mass is 35.5. The SMILES string of the molecule is C.O=C([O-])C1Nc2cc(Cl)cc(Cl)c2C2c3cc(F)ccc3OC12. The van der Waals surface area contributed by atoms with E-state index in [1.165, 1.54) is 18.2 Å². The fourth-order valence-corrected chi connectivity index (χ4v) is 3.92. The maximum atomic E-state index is 13.7. The molecule has 2 aromatic rings. The van der Waals surface area contributed by atoms with E-state index in [2.05, 4.69) is 5.32 Å². The number of nitrogens with one attached hydrogen (secondary N) is 1. The molecule has 2 aliphatic heterocycles. The average molecular weight is 369 g/mol. The van der Waals surface area contributed by atoms with Crippen LogP contribution in [0.2, 0.25) is 10.0 Å². The van der Waals surface area contributed by atoms with Crippen LogP contribution in [-0.4, -0.2) is 18.1 Å². The minimum Gasteiger partial charge on any atom is -0.548 e. The summed E-state index contributed by atoms with van der Waals surface area (Å²) in [4.78, 5) is 11.5. The minimum atomic E-state index is -1.31. The van der Waals surface area contributed by atoms with Crippen molar-refractivity contribution < 1.29 is 19.0 Å². The van der Waals surface area contributed by atoms with Crippen molar-refractivity contribution in [2.24, 2.45) is 0 Å². The molecule has 2 aliphatic rings. The molecule has 0 aromatic heterocycles. The van der Waals surface area contributed by atoms with E-state index in [-0.39, 0.29) is 7.43 Å². The summed E-state index contributed by atoms with van der Waals surface area (Å²) in [6.45, 7) is 0. The maximum Gasteiger partial charge on any atom is 0.135 e. The molecule has 0 spiro atoms. The van der Waals surface area contributed by atoms with Gasteiger partial charge >= 0.3 is 0 Å². The molecule has 0 amide bonds. The number of aliphatic carboxylic acids is 1. The van der Waals surface area contributed by atoms with Gasteiger partial charge in [0.1, 0.15) is 23.7 Å². The monoisotopic (exact) mass is 368 g/mol. The molecule has 0 saturated heterocycles. The molecule has 4 rings (SSSR count). The van der Waals surface area contributed by atoms with Gasteiger partial charge in [0.05, 0.1) is 11.9 Å². The highest BCUT2D eigenvalue weighted by Crippen LogP contribution is 2.51. The molecule has 0 aliphatic carbocycles. The summed E-state index contributed by atoms with van der Waals surface area (Å²) in [6, 6.07) is 6.15. The van der Waals surface area contributed by atoms with Gasteiger partial charge < -0.3 is 20.0 Å². The molecule has 4 nitrogen and oxygen atoms in total. The molecule has 0 bridgehead atoms. The molecule has 3 unspecified atom stereocenters. The van der Waals surface area contributed by atoms with Crippen molar-refractivity contribution in [2.45, 2.75) is 25.5 Å². The Kier molecular flexibility index (Phi) is 4.10. The van der Waals surface area contributed by atoms with Gasteiger partial charge in [0.25, 0.3) is 0 Å². The lowest BCUT2D eigenvalue weighted by Crippen LogP contribution is -2.53. The number of carbonyl (C=O) groups excluding carboxylic acids is 1. The van der Waals surface area contributed by atoms with Crippen molar-refractivity contribution in [3.8, 4) is 5.75 Å². The first-order chi connectivity index (χ1) is 11.0. The molecular weight excluding hydrogens is 356 g/mol. The molecule has 3 atom stereocenters. The van der Waals surface area contributed by atoms with Gasteiger partial charge in [-0.05, 0) is 30.3 Å².